The highest BCUT2D eigenvalue weighted by Crippen LogP contribution is 2.44. The van der Waals surface area contributed by atoms with Crippen LogP contribution in [0.2, 0.25) is 0 Å². The fourth-order valence-electron chi connectivity index (χ4n) is 4.92. The molecule has 5 rings (SSSR count). The summed E-state index contributed by atoms with van der Waals surface area (Å²) in [5.74, 6) is -0.0791. The van der Waals surface area contributed by atoms with E-state index in [1.54, 1.807) is 11.7 Å². The molecule has 0 radical (unpaired) electrons. The van der Waals surface area contributed by atoms with Crippen molar-refractivity contribution in [1.29, 1.82) is 0 Å². The minimum absolute atomic E-state index is 0.129. The van der Waals surface area contributed by atoms with Gasteiger partial charge in [-0.2, -0.15) is 0 Å². The Bertz CT molecular complexity index is 1290. The van der Waals surface area contributed by atoms with Gasteiger partial charge in [0.1, 0.15) is 17.5 Å². The molecule has 200 valence electrons. The van der Waals surface area contributed by atoms with Gasteiger partial charge in [-0.1, -0.05) is 35.5 Å². The number of carboxylic acid groups (broad SMARTS) is 1. The Morgan fingerprint density at radius 2 is 1.92 bits per heavy atom. The number of nitrogens with zero attached hydrogens (tertiary/aromatic N) is 4. The number of aliphatic carboxylic acids is 1. The number of aryl methyl sites for hydroxylation is 1. The smallest absolute Gasteiger partial charge is 0.408 e. The number of aromatic nitrogens is 4. The van der Waals surface area contributed by atoms with Crippen LogP contribution in [0.4, 0.5) is 4.79 Å². The second-order valence-electron chi connectivity index (χ2n) is 10.1. The molecular formula is C28H33N5O5. The summed E-state index contributed by atoms with van der Waals surface area (Å²) in [7, 11) is 1.77. The highest BCUT2D eigenvalue weighted by molar-refractivity contribution is 5.70. The fraction of sp³-hybridized carbons (Fsp3) is 0.464. The highest BCUT2D eigenvalue weighted by atomic mass is 16.6. The van der Waals surface area contributed by atoms with E-state index in [1.807, 2.05) is 49.4 Å². The zero-order valence-electron chi connectivity index (χ0n) is 21.7. The van der Waals surface area contributed by atoms with Crippen LogP contribution in [0, 0.1) is 5.92 Å². The Morgan fingerprint density at radius 3 is 2.66 bits per heavy atom. The first-order valence-electron chi connectivity index (χ1n) is 13.2. The number of carbonyl (C=O) groups excluding carboxylic acids is 1. The largest absolute Gasteiger partial charge is 0.488 e. The first kappa shape index (κ1) is 25.7. The molecule has 3 atom stereocenters. The lowest BCUT2D eigenvalue weighted by atomic mass is 9.87. The summed E-state index contributed by atoms with van der Waals surface area (Å²) >= 11 is 0. The van der Waals surface area contributed by atoms with Gasteiger partial charge in [0.25, 0.3) is 0 Å². The van der Waals surface area contributed by atoms with Gasteiger partial charge in [-0.15, -0.1) is 5.10 Å². The van der Waals surface area contributed by atoms with Crippen molar-refractivity contribution in [2.45, 2.75) is 70.1 Å². The second-order valence-corrected chi connectivity index (χ2v) is 10.1. The molecule has 10 heteroatoms. The van der Waals surface area contributed by atoms with Crippen molar-refractivity contribution in [1.82, 2.24) is 25.3 Å². The Labute approximate surface area is 221 Å². The predicted molar refractivity (Wildman–Crippen MR) is 138 cm³/mol. The summed E-state index contributed by atoms with van der Waals surface area (Å²) in [6.45, 7) is 2.00. The van der Waals surface area contributed by atoms with Gasteiger partial charge in [0.15, 0.2) is 0 Å². The number of ether oxygens (including phenoxy) is 2. The van der Waals surface area contributed by atoms with E-state index in [1.165, 1.54) is 0 Å². The number of amides is 1. The molecular weight excluding hydrogens is 486 g/mol. The van der Waals surface area contributed by atoms with Crippen LogP contribution in [0.3, 0.4) is 0 Å². The number of carboxylic acids is 1. The molecule has 0 saturated heterocycles. The van der Waals surface area contributed by atoms with Crippen LogP contribution in [0.1, 0.15) is 74.4 Å². The van der Waals surface area contributed by atoms with Crippen molar-refractivity contribution in [3.05, 3.63) is 59.4 Å². The second kappa shape index (κ2) is 11.2. The topological polar surface area (TPSA) is 128 Å². The van der Waals surface area contributed by atoms with E-state index in [0.717, 1.165) is 36.9 Å². The normalized spacial score (nSPS) is 19.9. The van der Waals surface area contributed by atoms with Crippen LogP contribution in [0.25, 0.3) is 11.4 Å². The molecule has 0 spiro atoms. The third-order valence-corrected chi connectivity index (χ3v) is 7.26. The van der Waals surface area contributed by atoms with E-state index in [4.69, 9.17) is 14.5 Å². The first-order chi connectivity index (χ1) is 18.4. The summed E-state index contributed by atoms with van der Waals surface area (Å²) in [4.78, 5) is 28.9. The SMILES string of the molecule is CC(OC(=O)NCc1c(-c2ccc(O[C@H]3CCC[C@H](C(=O)O)C3)c(C3CC3)n2)nnn1C)c1ccccc1. The van der Waals surface area contributed by atoms with Gasteiger partial charge >= 0.3 is 12.1 Å². The van der Waals surface area contributed by atoms with Crippen LogP contribution in [0.5, 0.6) is 5.75 Å². The van der Waals surface area contributed by atoms with E-state index in [0.29, 0.717) is 41.6 Å². The zero-order valence-corrected chi connectivity index (χ0v) is 21.7. The van der Waals surface area contributed by atoms with E-state index in [-0.39, 0.29) is 24.7 Å². The number of benzene rings is 1. The quantitative estimate of drug-likeness (QED) is 0.414. The summed E-state index contributed by atoms with van der Waals surface area (Å²) in [5, 5.41) is 20.7. The monoisotopic (exact) mass is 519 g/mol. The Hall–Kier alpha value is -3.95. The summed E-state index contributed by atoms with van der Waals surface area (Å²) in [6, 6.07) is 13.3. The molecule has 1 unspecified atom stereocenters. The standard InChI is InChI=1S/C28H33N5O5/c1-17(18-7-4-3-5-8-18)37-28(36)29-16-23-26(31-32-33(23)2)22-13-14-24(25(30-22)19-11-12-19)38-21-10-6-9-20(15-21)27(34)35/h3-5,7-8,13-14,17,19-21H,6,9-12,15-16H2,1-2H3,(H,29,36)(H,34,35)/t17?,20-,21-/m0/s1. The summed E-state index contributed by atoms with van der Waals surface area (Å²) < 4.78 is 13.4. The number of rotatable bonds is 9. The maximum Gasteiger partial charge on any atom is 0.408 e. The summed E-state index contributed by atoms with van der Waals surface area (Å²) in [5.41, 5.74) is 3.73. The third-order valence-electron chi connectivity index (χ3n) is 7.26. The maximum atomic E-state index is 12.5. The van der Waals surface area contributed by atoms with Crippen molar-refractivity contribution in [2.24, 2.45) is 13.0 Å². The lowest BCUT2D eigenvalue weighted by Crippen LogP contribution is -2.29. The number of pyridine rings is 1. The molecule has 2 aliphatic carbocycles. The molecule has 2 aromatic heterocycles. The summed E-state index contributed by atoms with van der Waals surface area (Å²) in [6.07, 6.45) is 3.93. The Balaban J connectivity index is 1.28. The number of carbonyl (C=O) groups is 2. The fourth-order valence-corrected chi connectivity index (χ4v) is 4.92. The molecule has 2 saturated carbocycles. The van der Waals surface area contributed by atoms with Gasteiger partial charge in [0, 0.05) is 13.0 Å². The molecule has 38 heavy (non-hydrogen) atoms. The highest BCUT2D eigenvalue weighted by Gasteiger charge is 2.33. The van der Waals surface area contributed by atoms with Crippen LogP contribution < -0.4 is 10.1 Å². The van der Waals surface area contributed by atoms with Gasteiger partial charge in [0.05, 0.1) is 35.6 Å². The molecule has 2 N–H and O–H groups in total. The van der Waals surface area contributed by atoms with Crippen molar-refractivity contribution < 1.29 is 24.2 Å². The minimum atomic E-state index is -0.753. The minimum Gasteiger partial charge on any atom is -0.488 e. The van der Waals surface area contributed by atoms with Gasteiger partial charge in [0.2, 0.25) is 0 Å². The van der Waals surface area contributed by atoms with Gasteiger partial charge in [-0.3, -0.25) is 4.79 Å². The molecule has 0 aliphatic heterocycles. The average Bonchev–Trinajstić information content (AvgIpc) is 3.70. The molecule has 1 aromatic carbocycles. The average molecular weight is 520 g/mol. The lowest BCUT2D eigenvalue weighted by molar-refractivity contribution is -0.143. The van der Waals surface area contributed by atoms with E-state index in [2.05, 4.69) is 15.6 Å². The molecule has 0 bridgehead atoms. The van der Waals surface area contributed by atoms with Gasteiger partial charge in [-0.05, 0) is 63.1 Å². The van der Waals surface area contributed by atoms with Crippen LogP contribution >= 0.6 is 0 Å². The first-order valence-corrected chi connectivity index (χ1v) is 13.2. The predicted octanol–water partition coefficient (Wildman–Crippen LogP) is 4.76. The number of nitrogens with one attached hydrogen (secondary N) is 1. The van der Waals surface area contributed by atoms with Crippen molar-refractivity contribution in [3.8, 4) is 17.1 Å². The van der Waals surface area contributed by atoms with Crippen molar-refractivity contribution in [2.75, 3.05) is 0 Å². The Morgan fingerprint density at radius 1 is 1.13 bits per heavy atom. The Kier molecular flexibility index (Phi) is 7.57. The van der Waals surface area contributed by atoms with Gasteiger partial charge in [-0.25, -0.2) is 14.5 Å². The molecule has 3 aromatic rings. The molecule has 2 fully saturated rings. The van der Waals surface area contributed by atoms with E-state index in [9.17, 15) is 14.7 Å². The third kappa shape index (κ3) is 5.95. The molecule has 2 aliphatic rings. The van der Waals surface area contributed by atoms with Crippen molar-refractivity contribution in [3.63, 3.8) is 0 Å². The molecule has 1 amide bonds. The van der Waals surface area contributed by atoms with Gasteiger partial charge < -0.3 is 19.9 Å². The number of alkyl carbamates (subject to hydrolysis) is 1. The van der Waals surface area contributed by atoms with E-state index < -0.39 is 12.1 Å². The maximum absolute atomic E-state index is 12.5. The lowest BCUT2D eigenvalue weighted by Gasteiger charge is -2.28. The van der Waals surface area contributed by atoms with Crippen LogP contribution in [-0.4, -0.2) is 43.3 Å². The molecule has 10 nitrogen and oxygen atoms in total. The molecule has 2 heterocycles. The zero-order chi connectivity index (χ0) is 26.6. The van der Waals surface area contributed by atoms with Crippen molar-refractivity contribution >= 4 is 12.1 Å². The number of hydrogen-bond donors (Lipinski definition) is 2. The van der Waals surface area contributed by atoms with Crippen LogP contribution in [0.15, 0.2) is 42.5 Å². The van der Waals surface area contributed by atoms with Crippen LogP contribution in [-0.2, 0) is 23.1 Å². The van der Waals surface area contributed by atoms with E-state index >= 15 is 0 Å². The number of hydrogen-bond acceptors (Lipinski definition) is 7.